The Morgan fingerprint density at radius 1 is 0.870 bits per heavy atom. The van der Waals surface area contributed by atoms with E-state index in [4.69, 9.17) is 0 Å². The Hall–Kier alpha value is -2.88. The second-order valence-electron chi connectivity index (χ2n) is 5.05. The molecule has 0 bridgehead atoms. The smallest absolute Gasteiger partial charge is 0.244 e. The topological polar surface area (TPSA) is 58.2 Å². The average molecular weight is 308 g/mol. The van der Waals surface area contributed by atoms with Crippen LogP contribution in [0.3, 0.4) is 0 Å². The summed E-state index contributed by atoms with van der Waals surface area (Å²) in [7, 11) is 0. The molecule has 0 fully saturated rings. The summed E-state index contributed by atoms with van der Waals surface area (Å²) < 4.78 is 0. The highest BCUT2D eigenvalue weighted by molar-refractivity contribution is 5.94. The van der Waals surface area contributed by atoms with Gasteiger partial charge in [0.2, 0.25) is 11.8 Å². The third-order valence-corrected chi connectivity index (χ3v) is 3.23. The number of rotatable bonds is 7. The third-order valence-electron chi connectivity index (χ3n) is 3.23. The van der Waals surface area contributed by atoms with Crippen LogP contribution >= 0.6 is 0 Å². The van der Waals surface area contributed by atoms with E-state index in [1.807, 2.05) is 60.7 Å². The normalized spacial score (nSPS) is 10.4. The molecule has 4 nitrogen and oxygen atoms in total. The van der Waals surface area contributed by atoms with Crippen molar-refractivity contribution in [2.24, 2.45) is 0 Å². The van der Waals surface area contributed by atoms with Crippen LogP contribution in [0.25, 0.3) is 6.08 Å². The average Bonchev–Trinajstić information content (AvgIpc) is 2.60. The number of carbonyl (C=O) groups is 2. The third kappa shape index (κ3) is 6.61. The molecule has 118 valence electrons. The Balaban J connectivity index is 1.64. The van der Waals surface area contributed by atoms with Gasteiger partial charge in [0.25, 0.3) is 0 Å². The number of carbonyl (C=O) groups excluding carboxylic acids is 2. The van der Waals surface area contributed by atoms with E-state index in [1.54, 1.807) is 6.08 Å². The first-order chi connectivity index (χ1) is 11.2. The van der Waals surface area contributed by atoms with E-state index in [1.165, 1.54) is 11.6 Å². The summed E-state index contributed by atoms with van der Waals surface area (Å²) >= 11 is 0. The predicted octanol–water partition coefficient (Wildman–Crippen LogP) is 2.17. The van der Waals surface area contributed by atoms with Gasteiger partial charge in [-0.1, -0.05) is 60.7 Å². The molecular formula is C19H20N2O2. The Kier molecular flexibility index (Phi) is 6.60. The van der Waals surface area contributed by atoms with Gasteiger partial charge in [0.15, 0.2) is 0 Å². The number of nitrogens with one attached hydrogen (secondary N) is 2. The van der Waals surface area contributed by atoms with Gasteiger partial charge in [0.1, 0.15) is 0 Å². The van der Waals surface area contributed by atoms with Crippen LogP contribution in [0, 0.1) is 0 Å². The fraction of sp³-hybridized carbons (Fsp3) is 0.158. The fourth-order valence-corrected chi connectivity index (χ4v) is 2.02. The van der Waals surface area contributed by atoms with Crippen molar-refractivity contribution in [1.82, 2.24) is 10.6 Å². The lowest BCUT2D eigenvalue weighted by Gasteiger charge is -2.05. The van der Waals surface area contributed by atoms with Crippen LogP contribution in [0.15, 0.2) is 66.7 Å². The van der Waals surface area contributed by atoms with E-state index in [2.05, 4.69) is 10.6 Å². The number of benzene rings is 2. The summed E-state index contributed by atoms with van der Waals surface area (Å²) in [5.74, 6) is -0.477. The molecule has 0 aliphatic heterocycles. The van der Waals surface area contributed by atoms with Crippen LogP contribution in [0.2, 0.25) is 0 Å². The van der Waals surface area contributed by atoms with Gasteiger partial charge < -0.3 is 10.6 Å². The maximum atomic E-state index is 11.7. The zero-order valence-electron chi connectivity index (χ0n) is 12.9. The van der Waals surface area contributed by atoms with Gasteiger partial charge in [-0.15, -0.1) is 0 Å². The van der Waals surface area contributed by atoms with Gasteiger partial charge in [0.05, 0.1) is 6.54 Å². The van der Waals surface area contributed by atoms with Crippen LogP contribution in [-0.2, 0) is 16.0 Å². The minimum Gasteiger partial charge on any atom is -0.354 e. The zero-order chi connectivity index (χ0) is 16.3. The first-order valence-corrected chi connectivity index (χ1v) is 7.55. The molecule has 0 unspecified atom stereocenters. The lowest BCUT2D eigenvalue weighted by molar-refractivity contribution is -0.123. The van der Waals surface area contributed by atoms with E-state index >= 15 is 0 Å². The van der Waals surface area contributed by atoms with E-state index in [0.717, 1.165) is 12.0 Å². The van der Waals surface area contributed by atoms with Gasteiger partial charge >= 0.3 is 0 Å². The van der Waals surface area contributed by atoms with Gasteiger partial charge in [-0.2, -0.15) is 0 Å². The Bertz CT molecular complexity index is 652. The standard InChI is InChI=1S/C19H20N2O2/c22-18(12-11-16-7-3-1-4-8-16)21-15-19(23)20-14-13-17-9-5-2-6-10-17/h1-12H,13-15H2,(H,20,23)(H,21,22)/b12-11+. The van der Waals surface area contributed by atoms with E-state index in [-0.39, 0.29) is 18.4 Å². The molecule has 2 N–H and O–H groups in total. The molecule has 0 spiro atoms. The number of hydrogen-bond donors (Lipinski definition) is 2. The molecule has 0 saturated carbocycles. The van der Waals surface area contributed by atoms with Crippen LogP contribution in [0.5, 0.6) is 0 Å². The largest absolute Gasteiger partial charge is 0.354 e. The van der Waals surface area contributed by atoms with Gasteiger partial charge in [-0.3, -0.25) is 9.59 Å². The van der Waals surface area contributed by atoms with E-state index in [0.29, 0.717) is 6.54 Å². The molecule has 23 heavy (non-hydrogen) atoms. The minimum atomic E-state index is -0.285. The molecule has 4 heteroatoms. The number of hydrogen-bond acceptors (Lipinski definition) is 2. The highest BCUT2D eigenvalue weighted by Gasteiger charge is 2.02. The SMILES string of the molecule is O=C(/C=C/c1ccccc1)NCC(=O)NCCc1ccccc1. The summed E-state index contributed by atoms with van der Waals surface area (Å²) in [5.41, 5.74) is 2.11. The summed E-state index contributed by atoms with van der Waals surface area (Å²) in [5, 5.41) is 5.35. The first-order valence-electron chi connectivity index (χ1n) is 7.55. The maximum Gasteiger partial charge on any atom is 0.244 e. The molecule has 0 radical (unpaired) electrons. The lowest BCUT2D eigenvalue weighted by atomic mass is 10.1. The molecule has 0 atom stereocenters. The van der Waals surface area contributed by atoms with Crippen molar-refractivity contribution in [3.63, 3.8) is 0 Å². The maximum absolute atomic E-state index is 11.7. The Morgan fingerprint density at radius 3 is 2.22 bits per heavy atom. The highest BCUT2D eigenvalue weighted by atomic mass is 16.2. The van der Waals surface area contributed by atoms with Crippen molar-refractivity contribution in [1.29, 1.82) is 0 Å². The fourth-order valence-electron chi connectivity index (χ4n) is 2.02. The Labute approximate surface area is 136 Å². The molecule has 2 amide bonds. The van der Waals surface area contributed by atoms with Gasteiger partial charge in [0, 0.05) is 12.6 Å². The molecule has 2 aromatic rings. The van der Waals surface area contributed by atoms with Gasteiger partial charge in [-0.05, 0) is 23.6 Å². The first kappa shape index (κ1) is 16.5. The van der Waals surface area contributed by atoms with E-state index in [9.17, 15) is 9.59 Å². The molecule has 0 saturated heterocycles. The predicted molar refractivity (Wildman–Crippen MR) is 91.6 cm³/mol. The molecular weight excluding hydrogens is 288 g/mol. The minimum absolute atomic E-state index is 0.0211. The second kappa shape index (κ2) is 9.20. The van der Waals surface area contributed by atoms with Gasteiger partial charge in [-0.25, -0.2) is 0 Å². The number of amides is 2. The van der Waals surface area contributed by atoms with Crippen molar-refractivity contribution >= 4 is 17.9 Å². The van der Waals surface area contributed by atoms with Crippen molar-refractivity contribution in [2.45, 2.75) is 6.42 Å². The van der Waals surface area contributed by atoms with Crippen LogP contribution in [0.4, 0.5) is 0 Å². The Morgan fingerprint density at radius 2 is 1.52 bits per heavy atom. The molecule has 0 aliphatic carbocycles. The van der Waals surface area contributed by atoms with Crippen LogP contribution < -0.4 is 10.6 Å². The lowest BCUT2D eigenvalue weighted by Crippen LogP contribution is -2.37. The summed E-state index contributed by atoms with van der Waals surface area (Å²) in [6, 6.07) is 19.4. The molecule has 2 aromatic carbocycles. The summed E-state index contributed by atoms with van der Waals surface area (Å²) in [6.45, 7) is 0.533. The molecule has 0 aromatic heterocycles. The molecule has 0 heterocycles. The van der Waals surface area contributed by atoms with E-state index < -0.39 is 0 Å². The van der Waals surface area contributed by atoms with Crippen molar-refractivity contribution < 1.29 is 9.59 Å². The van der Waals surface area contributed by atoms with Crippen molar-refractivity contribution in [3.8, 4) is 0 Å². The quantitative estimate of drug-likeness (QED) is 0.770. The van der Waals surface area contributed by atoms with Crippen molar-refractivity contribution in [3.05, 3.63) is 77.9 Å². The molecule has 2 rings (SSSR count). The summed E-state index contributed by atoms with van der Waals surface area (Å²) in [4.78, 5) is 23.3. The zero-order valence-corrected chi connectivity index (χ0v) is 12.9. The molecule has 0 aliphatic rings. The second-order valence-corrected chi connectivity index (χ2v) is 5.05. The highest BCUT2D eigenvalue weighted by Crippen LogP contribution is 2.00. The monoisotopic (exact) mass is 308 g/mol. The van der Waals surface area contributed by atoms with Crippen molar-refractivity contribution in [2.75, 3.05) is 13.1 Å². The van der Waals surface area contributed by atoms with Crippen LogP contribution in [-0.4, -0.2) is 24.9 Å². The van der Waals surface area contributed by atoms with Crippen LogP contribution in [0.1, 0.15) is 11.1 Å². The summed E-state index contributed by atoms with van der Waals surface area (Å²) in [6.07, 6.45) is 3.91.